The van der Waals surface area contributed by atoms with E-state index in [2.05, 4.69) is 24.9 Å². The van der Waals surface area contributed by atoms with E-state index in [4.69, 9.17) is 5.11 Å². The average Bonchev–Trinajstić information content (AvgIpc) is 2.37. The molecule has 0 aliphatic carbocycles. The third-order valence-corrected chi connectivity index (χ3v) is 2.51. The van der Waals surface area contributed by atoms with Crippen LogP contribution in [0.3, 0.4) is 0 Å². The minimum absolute atomic E-state index is 0.708. The van der Waals surface area contributed by atoms with Gasteiger partial charge in [-0.15, -0.1) is 0 Å². The van der Waals surface area contributed by atoms with Crippen LogP contribution in [0.4, 0.5) is 0 Å². The zero-order valence-electron chi connectivity index (χ0n) is 13.5. The Hall–Kier alpha value is -2.16. The van der Waals surface area contributed by atoms with E-state index in [-0.39, 0.29) is 0 Å². The van der Waals surface area contributed by atoms with Gasteiger partial charge in [0.1, 0.15) is 6.04 Å². The molecule has 0 aromatic carbocycles. The molecule has 0 aliphatic heterocycles. The van der Waals surface area contributed by atoms with Gasteiger partial charge in [0, 0.05) is 6.21 Å². The van der Waals surface area contributed by atoms with Crippen LogP contribution in [0.2, 0.25) is 0 Å². The molecule has 0 bridgehead atoms. The number of hydrogen-bond donors (Lipinski definition) is 1. The molecule has 114 valence electrons. The van der Waals surface area contributed by atoms with Crippen molar-refractivity contribution < 1.29 is 9.90 Å². The minimum Gasteiger partial charge on any atom is -0.480 e. The molecule has 0 aromatic heterocycles. The molecule has 0 fully saturated rings. The van der Waals surface area contributed by atoms with Crippen molar-refractivity contribution in [2.45, 2.75) is 40.7 Å². The number of carbonyl (C=O) groups is 1. The first kappa shape index (κ1) is 18.8. The standard InChI is InChI=1S/C18H25NO2/c1-14(2)8-6-9-15(3)10-7-11-16(4)12-13-19-17(5)18(20)21/h6-13,17H,1-5H3,(H,20,21)/b9-6+,11-7+,15-10+,16-12+,19-13?/t17-/m0/s1. The van der Waals surface area contributed by atoms with Gasteiger partial charge in [0.25, 0.3) is 0 Å². The molecule has 0 spiro atoms. The van der Waals surface area contributed by atoms with Gasteiger partial charge in [0.2, 0.25) is 0 Å². The molecule has 3 nitrogen and oxygen atoms in total. The summed E-state index contributed by atoms with van der Waals surface area (Å²) in [5, 5.41) is 8.69. The molecular formula is C18H25NO2. The first-order valence-electron chi connectivity index (χ1n) is 6.92. The lowest BCUT2D eigenvalue weighted by Crippen LogP contribution is -2.12. The van der Waals surface area contributed by atoms with Gasteiger partial charge >= 0.3 is 5.97 Å². The molecule has 0 aliphatic rings. The molecule has 0 rings (SSSR count). The Balaban J connectivity index is 4.50. The number of hydrogen-bond acceptors (Lipinski definition) is 2. The molecule has 1 atom stereocenters. The van der Waals surface area contributed by atoms with E-state index in [0.717, 1.165) is 11.1 Å². The second kappa shape index (κ2) is 10.6. The quantitative estimate of drug-likeness (QED) is 0.553. The van der Waals surface area contributed by atoms with Crippen LogP contribution in [0.15, 0.2) is 64.2 Å². The normalized spacial score (nSPS) is 15.1. The van der Waals surface area contributed by atoms with E-state index in [1.165, 1.54) is 11.8 Å². The van der Waals surface area contributed by atoms with Gasteiger partial charge in [-0.3, -0.25) is 4.99 Å². The van der Waals surface area contributed by atoms with E-state index in [1.54, 1.807) is 13.0 Å². The molecule has 3 heteroatoms. The molecule has 0 unspecified atom stereocenters. The largest absolute Gasteiger partial charge is 0.480 e. The lowest BCUT2D eigenvalue weighted by atomic mass is 10.2. The van der Waals surface area contributed by atoms with Crippen molar-refractivity contribution in [2.75, 3.05) is 0 Å². The number of allylic oxidation sites excluding steroid dienone is 10. The summed E-state index contributed by atoms with van der Waals surface area (Å²) in [7, 11) is 0. The molecular weight excluding hydrogens is 262 g/mol. The van der Waals surface area contributed by atoms with Crippen molar-refractivity contribution in [1.29, 1.82) is 0 Å². The zero-order valence-corrected chi connectivity index (χ0v) is 13.5. The predicted molar refractivity (Wildman–Crippen MR) is 90.8 cm³/mol. The lowest BCUT2D eigenvalue weighted by molar-refractivity contribution is -0.137. The molecule has 21 heavy (non-hydrogen) atoms. The molecule has 0 amide bonds. The van der Waals surface area contributed by atoms with Gasteiger partial charge < -0.3 is 5.11 Å². The van der Waals surface area contributed by atoms with Crippen LogP contribution in [-0.4, -0.2) is 23.3 Å². The van der Waals surface area contributed by atoms with Crippen LogP contribution in [0.1, 0.15) is 34.6 Å². The Morgan fingerprint density at radius 1 is 0.952 bits per heavy atom. The first-order valence-corrected chi connectivity index (χ1v) is 6.92. The molecule has 0 heterocycles. The highest BCUT2D eigenvalue weighted by Crippen LogP contribution is 2.00. The number of aliphatic imine (C=N–C) groups is 1. The van der Waals surface area contributed by atoms with Crippen molar-refractivity contribution in [3.8, 4) is 0 Å². The zero-order chi connectivity index (χ0) is 16.3. The maximum Gasteiger partial charge on any atom is 0.328 e. The summed E-state index contributed by atoms with van der Waals surface area (Å²) in [6, 6.07) is -0.708. The number of carboxylic acids is 1. The molecule has 0 aromatic rings. The van der Waals surface area contributed by atoms with Crippen molar-refractivity contribution in [1.82, 2.24) is 0 Å². The Morgan fingerprint density at radius 2 is 1.48 bits per heavy atom. The van der Waals surface area contributed by atoms with Crippen molar-refractivity contribution in [3.05, 3.63) is 59.3 Å². The summed E-state index contributed by atoms with van der Waals surface area (Å²) in [6.07, 6.45) is 15.4. The fraction of sp³-hybridized carbons (Fsp3) is 0.333. The topological polar surface area (TPSA) is 49.7 Å². The number of rotatable bonds is 7. The van der Waals surface area contributed by atoms with Crippen LogP contribution in [0, 0.1) is 0 Å². The predicted octanol–water partition coefficient (Wildman–Crippen LogP) is 4.50. The minimum atomic E-state index is -0.922. The second-order valence-electron chi connectivity index (χ2n) is 5.10. The molecule has 0 saturated carbocycles. The smallest absolute Gasteiger partial charge is 0.328 e. The fourth-order valence-electron chi connectivity index (χ4n) is 1.21. The Morgan fingerprint density at radius 3 is 2.00 bits per heavy atom. The van der Waals surface area contributed by atoms with Gasteiger partial charge in [0.05, 0.1) is 0 Å². The van der Waals surface area contributed by atoms with Crippen molar-refractivity contribution in [3.63, 3.8) is 0 Å². The highest BCUT2D eigenvalue weighted by molar-refractivity contribution is 5.79. The van der Waals surface area contributed by atoms with Gasteiger partial charge in [-0.05, 0) is 46.3 Å². The summed E-state index contributed by atoms with van der Waals surface area (Å²) < 4.78 is 0. The van der Waals surface area contributed by atoms with E-state index in [9.17, 15) is 4.79 Å². The SMILES string of the molecule is CC(C)=C/C=C/C(C)=C/C=C/C(C)=C/C=N[C@@H](C)C(=O)O. The third-order valence-electron chi connectivity index (χ3n) is 2.51. The monoisotopic (exact) mass is 287 g/mol. The first-order chi connectivity index (χ1) is 9.82. The maximum atomic E-state index is 10.6. The summed E-state index contributed by atoms with van der Waals surface area (Å²) >= 11 is 0. The van der Waals surface area contributed by atoms with Crippen LogP contribution < -0.4 is 0 Å². The van der Waals surface area contributed by atoms with E-state index in [1.807, 2.05) is 44.2 Å². The summed E-state index contributed by atoms with van der Waals surface area (Å²) in [6.45, 7) is 9.64. The Kier molecular flexibility index (Phi) is 9.52. The summed E-state index contributed by atoms with van der Waals surface area (Å²) in [4.78, 5) is 14.5. The van der Waals surface area contributed by atoms with Crippen LogP contribution >= 0.6 is 0 Å². The third kappa shape index (κ3) is 11.4. The van der Waals surface area contributed by atoms with Gasteiger partial charge in [0.15, 0.2) is 0 Å². The summed E-state index contributed by atoms with van der Waals surface area (Å²) in [5.41, 5.74) is 3.43. The highest BCUT2D eigenvalue weighted by atomic mass is 16.4. The average molecular weight is 287 g/mol. The second-order valence-corrected chi connectivity index (χ2v) is 5.10. The van der Waals surface area contributed by atoms with Crippen molar-refractivity contribution in [2.24, 2.45) is 4.99 Å². The van der Waals surface area contributed by atoms with E-state index in [0.29, 0.717) is 0 Å². The number of nitrogens with zero attached hydrogens (tertiary/aromatic N) is 1. The lowest BCUT2D eigenvalue weighted by Gasteiger charge is -1.95. The van der Waals surface area contributed by atoms with Gasteiger partial charge in [-0.1, -0.05) is 47.6 Å². The van der Waals surface area contributed by atoms with Crippen molar-refractivity contribution >= 4 is 12.2 Å². The van der Waals surface area contributed by atoms with Crippen LogP contribution in [0.5, 0.6) is 0 Å². The Bertz CT molecular complexity index is 513. The van der Waals surface area contributed by atoms with Crippen LogP contribution in [-0.2, 0) is 4.79 Å². The van der Waals surface area contributed by atoms with Gasteiger partial charge in [-0.2, -0.15) is 0 Å². The summed E-state index contributed by atoms with van der Waals surface area (Å²) in [5.74, 6) is -0.922. The molecule has 1 N–H and O–H groups in total. The maximum absolute atomic E-state index is 10.6. The highest BCUT2D eigenvalue weighted by Gasteiger charge is 2.05. The molecule has 0 saturated heterocycles. The molecule has 0 radical (unpaired) electrons. The van der Waals surface area contributed by atoms with E-state index < -0.39 is 12.0 Å². The van der Waals surface area contributed by atoms with Crippen LogP contribution in [0.25, 0.3) is 0 Å². The van der Waals surface area contributed by atoms with E-state index >= 15 is 0 Å². The number of carboxylic acid groups (broad SMARTS) is 1. The van der Waals surface area contributed by atoms with Gasteiger partial charge in [-0.25, -0.2) is 4.79 Å². The number of aliphatic carboxylic acids is 1. The fourth-order valence-corrected chi connectivity index (χ4v) is 1.21. The Labute approximate surface area is 127 Å².